The van der Waals surface area contributed by atoms with Crippen molar-refractivity contribution in [2.24, 2.45) is 0 Å². The zero-order chi connectivity index (χ0) is 16.1. The van der Waals surface area contributed by atoms with Crippen LogP contribution in [0.2, 0.25) is 0 Å². The molecule has 0 aliphatic carbocycles. The molecule has 1 unspecified atom stereocenters. The summed E-state index contributed by atoms with van der Waals surface area (Å²) >= 11 is 4.22. The SMILES string of the molecule is CC(C)N(C(C)C)P(OCCC#N)OCCCCCCS. The maximum atomic E-state index is 8.65. The van der Waals surface area contributed by atoms with Crippen molar-refractivity contribution in [3.63, 3.8) is 0 Å². The minimum Gasteiger partial charge on any atom is -0.322 e. The van der Waals surface area contributed by atoms with Crippen molar-refractivity contribution in [1.82, 2.24) is 4.67 Å². The van der Waals surface area contributed by atoms with Crippen molar-refractivity contribution in [2.45, 2.75) is 71.9 Å². The number of hydrogen-bond acceptors (Lipinski definition) is 5. The zero-order valence-electron chi connectivity index (χ0n) is 13.9. The van der Waals surface area contributed by atoms with Gasteiger partial charge in [-0.3, -0.25) is 0 Å². The van der Waals surface area contributed by atoms with Crippen LogP contribution in [0.25, 0.3) is 0 Å². The lowest BCUT2D eigenvalue weighted by Gasteiger charge is -2.35. The van der Waals surface area contributed by atoms with E-state index >= 15 is 0 Å². The van der Waals surface area contributed by atoms with Gasteiger partial charge in [0.25, 0.3) is 8.53 Å². The highest BCUT2D eigenvalue weighted by Crippen LogP contribution is 2.46. The minimum absolute atomic E-state index is 0.363. The van der Waals surface area contributed by atoms with E-state index in [2.05, 4.69) is 51.1 Å². The molecule has 0 amide bonds. The standard InChI is InChI=1S/C15H31N2O2PS/c1-14(2)17(15(3)4)20(19-12-9-10-16)18-11-7-5-6-8-13-21/h14-15,21H,5-9,11-13H2,1-4H3. The lowest BCUT2D eigenvalue weighted by molar-refractivity contribution is 0.174. The van der Waals surface area contributed by atoms with Crippen LogP contribution >= 0.6 is 21.2 Å². The fraction of sp³-hybridized carbons (Fsp3) is 0.933. The number of rotatable bonds is 13. The molecule has 0 saturated heterocycles. The first-order chi connectivity index (χ1) is 10.0. The molecule has 0 bridgehead atoms. The minimum atomic E-state index is -1.07. The van der Waals surface area contributed by atoms with Crippen LogP contribution in [0.1, 0.15) is 59.8 Å². The number of hydrogen-bond donors (Lipinski definition) is 1. The molecule has 1 atom stereocenters. The zero-order valence-corrected chi connectivity index (χ0v) is 15.7. The highest BCUT2D eigenvalue weighted by molar-refractivity contribution is 7.80. The lowest BCUT2D eigenvalue weighted by atomic mass is 10.2. The summed E-state index contributed by atoms with van der Waals surface area (Å²) in [7, 11) is -1.07. The van der Waals surface area contributed by atoms with Crippen LogP contribution in [-0.2, 0) is 9.05 Å². The van der Waals surface area contributed by atoms with Crippen molar-refractivity contribution >= 4 is 21.2 Å². The van der Waals surface area contributed by atoms with Crippen molar-refractivity contribution in [3.8, 4) is 6.07 Å². The summed E-state index contributed by atoms with van der Waals surface area (Å²) in [4.78, 5) is 0. The largest absolute Gasteiger partial charge is 0.322 e. The lowest BCUT2D eigenvalue weighted by Crippen LogP contribution is -2.33. The highest BCUT2D eigenvalue weighted by atomic mass is 32.1. The first-order valence-electron chi connectivity index (χ1n) is 7.86. The Morgan fingerprint density at radius 2 is 1.57 bits per heavy atom. The second-order valence-electron chi connectivity index (χ2n) is 5.52. The van der Waals surface area contributed by atoms with Crippen LogP contribution in [0.3, 0.4) is 0 Å². The van der Waals surface area contributed by atoms with Crippen LogP contribution in [0.4, 0.5) is 0 Å². The van der Waals surface area contributed by atoms with Crippen LogP contribution in [0, 0.1) is 11.3 Å². The van der Waals surface area contributed by atoms with Gasteiger partial charge in [0.05, 0.1) is 25.7 Å². The molecular weight excluding hydrogens is 303 g/mol. The van der Waals surface area contributed by atoms with E-state index in [1.54, 1.807) is 0 Å². The van der Waals surface area contributed by atoms with Crippen LogP contribution in [0.15, 0.2) is 0 Å². The summed E-state index contributed by atoms with van der Waals surface area (Å²) in [5.41, 5.74) is 0. The molecule has 6 heteroatoms. The number of thiol groups is 1. The molecular formula is C15H31N2O2PS. The normalized spacial score (nSPS) is 13.1. The summed E-state index contributed by atoms with van der Waals surface area (Å²) in [5, 5.41) is 8.65. The Hall–Kier alpha value is 0.150. The summed E-state index contributed by atoms with van der Waals surface area (Å²) < 4.78 is 14.1. The molecule has 0 heterocycles. The Morgan fingerprint density at radius 3 is 2.10 bits per heavy atom. The first-order valence-corrected chi connectivity index (χ1v) is 9.62. The average Bonchev–Trinajstić information content (AvgIpc) is 2.41. The van der Waals surface area contributed by atoms with Gasteiger partial charge in [-0.15, -0.1) is 0 Å². The number of nitriles is 1. The topological polar surface area (TPSA) is 45.5 Å². The molecule has 21 heavy (non-hydrogen) atoms. The third-order valence-electron chi connectivity index (χ3n) is 2.92. The third kappa shape index (κ3) is 10.5. The molecule has 0 fully saturated rings. The van der Waals surface area contributed by atoms with Gasteiger partial charge in [-0.05, 0) is 46.3 Å². The maximum absolute atomic E-state index is 8.65. The summed E-state index contributed by atoms with van der Waals surface area (Å²) in [6.07, 6.45) is 5.01. The number of nitrogens with zero attached hydrogens (tertiary/aromatic N) is 2. The molecule has 0 radical (unpaired) electrons. The number of unbranched alkanes of at least 4 members (excludes halogenated alkanes) is 3. The van der Waals surface area contributed by atoms with Crippen molar-refractivity contribution < 1.29 is 9.05 Å². The van der Waals surface area contributed by atoms with Crippen molar-refractivity contribution in [2.75, 3.05) is 19.0 Å². The van der Waals surface area contributed by atoms with Gasteiger partial charge in [0, 0.05) is 12.1 Å². The fourth-order valence-electron chi connectivity index (χ4n) is 2.02. The molecule has 0 rings (SSSR count). The molecule has 0 saturated carbocycles. The van der Waals surface area contributed by atoms with E-state index in [4.69, 9.17) is 14.3 Å². The van der Waals surface area contributed by atoms with Crippen LogP contribution in [-0.4, -0.2) is 35.7 Å². The molecule has 0 N–H and O–H groups in total. The van der Waals surface area contributed by atoms with Crippen molar-refractivity contribution in [1.29, 1.82) is 5.26 Å². The maximum Gasteiger partial charge on any atom is 0.259 e. The van der Waals surface area contributed by atoms with Crippen LogP contribution in [0.5, 0.6) is 0 Å². The second-order valence-corrected chi connectivity index (χ2v) is 7.42. The first kappa shape index (κ1) is 21.1. The predicted octanol–water partition coefficient (Wildman–Crippen LogP) is 4.77. The Kier molecular flexibility index (Phi) is 13.9. The van der Waals surface area contributed by atoms with Gasteiger partial charge in [0.2, 0.25) is 0 Å². The van der Waals surface area contributed by atoms with Gasteiger partial charge in [0.15, 0.2) is 0 Å². The fourth-order valence-corrected chi connectivity index (χ4v) is 3.88. The van der Waals surface area contributed by atoms with Gasteiger partial charge in [-0.2, -0.15) is 17.9 Å². The van der Waals surface area contributed by atoms with E-state index in [0.717, 1.165) is 18.8 Å². The molecule has 0 aromatic carbocycles. The highest BCUT2D eigenvalue weighted by Gasteiger charge is 2.26. The van der Waals surface area contributed by atoms with E-state index < -0.39 is 8.53 Å². The monoisotopic (exact) mass is 334 g/mol. The molecule has 4 nitrogen and oxygen atoms in total. The van der Waals surface area contributed by atoms with Gasteiger partial charge in [0.1, 0.15) is 0 Å². The van der Waals surface area contributed by atoms with E-state index in [9.17, 15) is 0 Å². The summed E-state index contributed by atoms with van der Waals surface area (Å²) in [6.45, 7) is 9.77. The Morgan fingerprint density at radius 1 is 1.00 bits per heavy atom. The third-order valence-corrected chi connectivity index (χ3v) is 5.34. The van der Waals surface area contributed by atoms with Gasteiger partial charge >= 0.3 is 0 Å². The van der Waals surface area contributed by atoms with E-state index in [1.165, 1.54) is 19.3 Å². The van der Waals surface area contributed by atoms with Crippen molar-refractivity contribution in [3.05, 3.63) is 0 Å². The van der Waals surface area contributed by atoms with Gasteiger partial charge in [-0.25, -0.2) is 4.67 Å². The van der Waals surface area contributed by atoms with E-state index in [0.29, 0.717) is 25.1 Å². The van der Waals surface area contributed by atoms with Gasteiger partial charge in [-0.1, -0.05) is 12.8 Å². The summed E-state index contributed by atoms with van der Waals surface area (Å²) in [6, 6.07) is 2.84. The van der Waals surface area contributed by atoms with E-state index in [-0.39, 0.29) is 0 Å². The van der Waals surface area contributed by atoms with Gasteiger partial charge < -0.3 is 9.05 Å². The average molecular weight is 334 g/mol. The molecule has 0 spiro atoms. The van der Waals surface area contributed by atoms with E-state index in [1.807, 2.05) is 0 Å². The Labute approximate surface area is 137 Å². The Balaban J connectivity index is 4.27. The predicted molar refractivity (Wildman–Crippen MR) is 93.5 cm³/mol. The second kappa shape index (κ2) is 13.8. The molecule has 0 aliphatic heterocycles. The molecule has 0 aromatic heterocycles. The molecule has 0 aromatic rings. The summed E-state index contributed by atoms with van der Waals surface area (Å²) in [5.74, 6) is 0.958. The molecule has 124 valence electrons. The molecule has 0 aliphatic rings. The Bertz CT molecular complexity index is 277. The van der Waals surface area contributed by atoms with Crippen LogP contribution < -0.4 is 0 Å². The smallest absolute Gasteiger partial charge is 0.259 e. The quantitative estimate of drug-likeness (QED) is 0.299.